The van der Waals surface area contributed by atoms with E-state index >= 15 is 0 Å². The molecule has 0 bridgehead atoms. The topological polar surface area (TPSA) is 18.8 Å². The predicted molar refractivity (Wildman–Crippen MR) is 75.5 cm³/mol. The van der Waals surface area contributed by atoms with E-state index in [1.54, 1.807) is 18.2 Å². The van der Waals surface area contributed by atoms with Crippen LogP contribution >= 0.6 is 0 Å². The molecule has 0 spiro atoms. The van der Waals surface area contributed by atoms with Gasteiger partial charge in [-0.25, -0.2) is 13.1 Å². The highest BCUT2D eigenvalue weighted by Crippen LogP contribution is 2.20. The molecule has 19 heavy (non-hydrogen) atoms. The fourth-order valence-electron chi connectivity index (χ4n) is 2.37. The van der Waals surface area contributed by atoms with E-state index in [2.05, 4.69) is 4.98 Å². The number of aromatic nitrogens is 1. The van der Waals surface area contributed by atoms with E-state index in [9.17, 15) is 8.63 Å². The molecule has 0 fully saturated rings. The van der Waals surface area contributed by atoms with Gasteiger partial charge in [0, 0.05) is 36.0 Å². The van der Waals surface area contributed by atoms with Crippen LogP contribution in [0.1, 0.15) is 36.7 Å². The van der Waals surface area contributed by atoms with Crippen LogP contribution in [-0.4, -0.2) is 22.6 Å². The summed E-state index contributed by atoms with van der Waals surface area (Å²) in [6.45, 7) is 5.92. The number of rotatable bonds is 4. The smallest absolute Gasteiger partial charge is 0.359 e. The van der Waals surface area contributed by atoms with Gasteiger partial charge in [0.05, 0.1) is 0 Å². The van der Waals surface area contributed by atoms with Gasteiger partial charge >= 0.3 is 7.40 Å². The average molecular weight is 263 g/mol. The molecule has 1 aliphatic rings. The van der Waals surface area contributed by atoms with Gasteiger partial charge in [0.25, 0.3) is 0 Å². The summed E-state index contributed by atoms with van der Waals surface area (Å²) in [6.07, 6.45) is 6.85. The Bertz CT molecular complexity index is 568. The molecule has 0 unspecified atom stereocenters. The van der Waals surface area contributed by atoms with Crippen molar-refractivity contribution in [3.63, 3.8) is 0 Å². The van der Waals surface area contributed by atoms with Crippen molar-refractivity contribution in [2.24, 2.45) is 0 Å². The quantitative estimate of drug-likeness (QED) is 0.798. The Kier molecular flexibility index (Phi) is 4.03. The zero-order valence-corrected chi connectivity index (χ0v) is 11.5. The minimum atomic E-state index is -2.50. The second-order valence-electron chi connectivity index (χ2n) is 4.84. The maximum Gasteiger partial charge on any atom is 0.934 e. The number of aryl methyl sites for hydroxylation is 2. The minimum absolute atomic E-state index is 0.545. The van der Waals surface area contributed by atoms with Crippen LogP contribution in [0.5, 0.6) is 0 Å². The summed E-state index contributed by atoms with van der Waals surface area (Å²) < 4.78 is 27.5. The van der Waals surface area contributed by atoms with Crippen LogP contribution in [0.4, 0.5) is 8.63 Å². The van der Waals surface area contributed by atoms with Crippen molar-refractivity contribution < 1.29 is 13.1 Å². The molecule has 2 rings (SSSR count). The van der Waals surface area contributed by atoms with Crippen molar-refractivity contribution in [3.8, 4) is 0 Å². The maximum atomic E-state index is 13.2. The highest BCUT2D eigenvalue weighted by atomic mass is 19.2. The molecule has 1 aromatic rings. The summed E-state index contributed by atoms with van der Waals surface area (Å²) >= 11 is 0. The van der Waals surface area contributed by atoms with E-state index < -0.39 is 7.40 Å². The van der Waals surface area contributed by atoms with Gasteiger partial charge in [0.1, 0.15) is 0 Å². The average Bonchev–Trinajstić information content (AvgIpc) is 2.84. The van der Waals surface area contributed by atoms with E-state index in [4.69, 9.17) is 0 Å². The summed E-state index contributed by atoms with van der Waals surface area (Å²) in [6, 6.07) is 2.01. The number of hydrogen-bond donors (Lipinski definition) is 1. The third-order valence-electron chi connectivity index (χ3n) is 3.22. The lowest BCUT2D eigenvalue weighted by Crippen LogP contribution is -2.24. The first-order valence-corrected chi connectivity index (χ1v) is 6.52. The monoisotopic (exact) mass is 263 g/mol. The number of nitrogens with one attached hydrogen (secondary N) is 1. The predicted octanol–water partition coefficient (Wildman–Crippen LogP) is 3.72. The third kappa shape index (κ3) is 2.86. The molecule has 0 saturated heterocycles. The second kappa shape index (κ2) is 5.55. The zero-order valence-electron chi connectivity index (χ0n) is 11.5. The summed E-state index contributed by atoms with van der Waals surface area (Å²) in [7, 11) is -2.50. The van der Waals surface area contributed by atoms with Crippen molar-refractivity contribution in [2.75, 3.05) is 0 Å². The number of aromatic amines is 1. The van der Waals surface area contributed by atoms with Gasteiger partial charge in [-0.2, -0.15) is 0 Å². The Morgan fingerprint density at radius 2 is 2.05 bits per heavy atom. The molecule has 1 N–H and O–H groups in total. The lowest BCUT2D eigenvalue weighted by molar-refractivity contribution is -0.342. The highest BCUT2D eigenvalue weighted by molar-refractivity contribution is 6.35. The van der Waals surface area contributed by atoms with E-state index in [0.717, 1.165) is 27.9 Å². The number of nitrogens with zero attached hydrogens (tertiary/aromatic N) is 1. The fraction of sp³-hybridized carbons (Fsp3) is 0.357. The summed E-state index contributed by atoms with van der Waals surface area (Å²) in [5.74, 6) is 0. The van der Waals surface area contributed by atoms with E-state index in [0.29, 0.717) is 17.8 Å². The maximum absolute atomic E-state index is 13.2. The van der Waals surface area contributed by atoms with E-state index in [1.807, 2.05) is 26.8 Å². The molecule has 1 aliphatic heterocycles. The Morgan fingerprint density at radius 3 is 2.58 bits per heavy atom. The first-order valence-electron chi connectivity index (χ1n) is 6.52. The number of halogens is 2. The highest BCUT2D eigenvalue weighted by Gasteiger charge is 2.41. The lowest BCUT2D eigenvalue weighted by Gasteiger charge is -2.00. The van der Waals surface area contributed by atoms with Crippen LogP contribution < -0.4 is 0 Å². The van der Waals surface area contributed by atoms with Gasteiger partial charge in [0.15, 0.2) is 11.4 Å². The first kappa shape index (κ1) is 13.8. The van der Waals surface area contributed by atoms with Gasteiger partial charge in [-0.3, -0.25) is 0 Å². The number of allylic oxidation sites excluding steroid dienone is 2. The Balaban J connectivity index is 2.40. The standard InChI is InChI=1S/C14H17BF2N2/c1-4-5-12-6-7-13(19(12)15(16)17)9-14-10(2)8-11(3)18-14/h6-9H,4-5H2,1-3H3/p+1. The zero-order chi connectivity index (χ0) is 14.0. The molecule has 0 aliphatic carbocycles. The fourth-order valence-corrected chi connectivity index (χ4v) is 2.37. The Hall–Kier alpha value is -1.65. The number of H-pyrrole nitrogens is 1. The van der Waals surface area contributed by atoms with E-state index in [-0.39, 0.29) is 0 Å². The molecule has 100 valence electrons. The summed E-state index contributed by atoms with van der Waals surface area (Å²) in [5, 5.41) is 0. The minimum Gasteiger partial charge on any atom is -0.359 e. The summed E-state index contributed by atoms with van der Waals surface area (Å²) in [5.41, 5.74) is 4.22. The van der Waals surface area contributed by atoms with Gasteiger partial charge in [-0.15, -0.1) is 0 Å². The molecular formula is C14H18BF2N2+. The molecule has 0 radical (unpaired) electrons. The molecule has 5 heteroatoms. The molecule has 0 aromatic carbocycles. The molecule has 0 atom stereocenters. The Labute approximate surface area is 112 Å². The van der Waals surface area contributed by atoms with Crippen LogP contribution in [0, 0.1) is 13.8 Å². The van der Waals surface area contributed by atoms with E-state index in [1.165, 1.54) is 0 Å². The summed E-state index contributed by atoms with van der Waals surface area (Å²) in [4.78, 5) is 3.19. The molecule has 2 nitrogen and oxygen atoms in total. The second-order valence-corrected chi connectivity index (χ2v) is 4.84. The molecule has 0 saturated carbocycles. The van der Waals surface area contributed by atoms with Gasteiger partial charge in [-0.05, 0) is 31.9 Å². The first-order chi connectivity index (χ1) is 9.02. The Morgan fingerprint density at radius 1 is 1.32 bits per heavy atom. The van der Waals surface area contributed by atoms with Crippen molar-refractivity contribution >= 4 is 19.2 Å². The van der Waals surface area contributed by atoms with Crippen molar-refractivity contribution in [1.29, 1.82) is 0 Å². The third-order valence-corrected chi connectivity index (χ3v) is 3.22. The SMILES string of the molecule is CCCC1=[N+](B(F)F)/C(=C\c2[nH]c(C)cc2C)C=C1. The van der Waals surface area contributed by atoms with Gasteiger partial charge in [-0.1, -0.05) is 6.92 Å². The number of hydrogen-bond acceptors (Lipinski definition) is 0. The molecule has 0 amide bonds. The van der Waals surface area contributed by atoms with Crippen molar-refractivity contribution in [3.05, 3.63) is 40.9 Å². The van der Waals surface area contributed by atoms with Gasteiger partial charge in [0.2, 0.25) is 0 Å². The lowest BCUT2D eigenvalue weighted by atomic mass is 10.1. The van der Waals surface area contributed by atoms with Crippen LogP contribution in [-0.2, 0) is 0 Å². The largest absolute Gasteiger partial charge is 0.934 e. The normalized spacial score (nSPS) is 16.8. The van der Waals surface area contributed by atoms with Crippen LogP contribution in [0.25, 0.3) is 6.08 Å². The van der Waals surface area contributed by atoms with Crippen molar-refractivity contribution in [2.45, 2.75) is 33.6 Å². The molecule has 2 heterocycles. The molecule has 1 aromatic heterocycles. The van der Waals surface area contributed by atoms with Crippen LogP contribution in [0.3, 0.4) is 0 Å². The molecular weight excluding hydrogens is 245 g/mol. The van der Waals surface area contributed by atoms with Crippen LogP contribution in [0.15, 0.2) is 23.9 Å². The van der Waals surface area contributed by atoms with Crippen molar-refractivity contribution in [1.82, 2.24) is 4.98 Å². The van der Waals surface area contributed by atoms with Gasteiger partial charge < -0.3 is 4.98 Å². The van der Waals surface area contributed by atoms with Crippen LogP contribution in [0.2, 0.25) is 0 Å².